The van der Waals surface area contributed by atoms with Gasteiger partial charge in [-0.25, -0.2) is 4.83 Å². The van der Waals surface area contributed by atoms with Gasteiger partial charge in [0, 0.05) is 16.6 Å². The number of fused-ring (bicyclic) bond motifs is 1. The molecule has 0 bridgehead atoms. The Kier molecular flexibility index (Phi) is 5.50. The van der Waals surface area contributed by atoms with Crippen molar-refractivity contribution in [2.75, 3.05) is 0 Å². The molecule has 0 spiro atoms. The van der Waals surface area contributed by atoms with E-state index in [9.17, 15) is 8.42 Å². The highest BCUT2D eigenvalue weighted by Gasteiger charge is 2.19. The number of hydrogen-bond acceptors (Lipinski definition) is 3. The zero-order valence-corrected chi connectivity index (χ0v) is 18.5. The second kappa shape index (κ2) is 8.76. The minimum absolute atomic E-state index is 0.164. The van der Waals surface area contributed by atoms with Crippen molar-refractivity contribution in [3.63, 3.8) is 0 Å². The lowest BCUT2D eigenvalue weighted by molar-refractivity contribution is 0.584. The summed E-state index contributed by atoms with van der Waals surface area (Å²) in [5.74, 6) is 0. The topological polar surface area (TPSA) is 63.5 Å². The van der Waals surface area contributed by atoms with E-state index in [0.29, 0.717) is 0 Å². The molecule has 0 saturated heterocycles. The zero-order valence-electron chi connectivity index (χ0n) is 17.7. The average molecular weight is 452 g/mol. The highest BCUT2D eigenvalue weighted by molar-refractivity contribution is 7.89. The fourth-order valence-corrected chi connectivity index (χ4v) is 4.75. The van der Waals surface area contributed by atoms with Gasteiger partial charge >= 0.3 is 0 Å². The monoisotopic (exact) mass is 451 g/mol. The molecule has 0 amide bonds. The van der Waals surface area contributed by atoms with Crippen LogP contribution < -0.4 is 4.83 Å². The fraction of sp³-hybridized carbons (Fsp3) is 0. The molecule has 0 radical (unpaired) electrons. The molecule has 5 aromatic rings. The number of nitrogens with one attached hydrogen (secondary N) is 1. The van der Waals surface area contributed by atoms with Crippen molar-refractivity contribution in [3.05, 3.63) is 121 Å². The van der Waals surface area contributed by atoms with Gasteiger partial charge in [0.1, 0.15) is 0 Å². The summed E-state index contributed by atoms with van der Waals surface area (Å²) in [6, 6.07) is 36.4. The molecule has 0 unspecified atom stereocenters. The van der Waals surface area contributed by atoms with Crippen molar-refractivity contribution in [2.45, 2.75) is 4.90 Å². The molecule has 6 heteroatoms. The first-order valence-electron chi connectivity index (χ1n) is 10.5. The molecule has 0 fully saturated rings. The van der Waals surface area contributed by atoms with Gasteiger partial charge in [-0.2, -0.15) is 13.5 Å². The maximum atomic E-state index is 12.6. The molecule has 5 rings (SSSR count). The summed E-state index contributed by atoms with van der Waals surface area (Å²) in [5.41, 5.74) is 4.79. The highest BCUT2D eigenvalue weighted by atomic mass is 32.2. The van der Waals surface area contributed by atoms with E-state index in [0.717, 1.165) is 33.4 Å². The van der Waals surface area contributed by atoms with E-state index in [2.05, 4.69) is 32.7 Å². The Morgan fingerprint density at radius 3 is 1.97 bits per heavy atom. The van der Waals surface area contributed by atoms with E-state index in [4.69, 9.17) is 0 Å². The summed E-state index contributed by atoms with van der Waals surface area (Å²) in [6.07, 6.45) is 1.59. The van der Waals surface area contributed by atoms with Gasteiger partial charge in [-0.05, 0) is 35.9 Å². The van der Waals surface area contributed by atoms with Crippen LogP contribution in [0.15, 0.2) is 125 Å². The van der Waals surface area contributed by atoms with Crippen LogP contribution in [0.1, 0.15) is 5.56 Å². The van der Waals surface area contributed by atoms with Crippen molar-refractivity contribution in [3.8, 4) is 16.9 Å². The van der Waals surface area contributed by atoms with Gasteiger partial charge in [0.25, 0.3) is 10.0 Å². The van der Waals surface area contributed by atoms with Crippen LogP contribution in [0.4, 0.5) is 0 Å². The number of sulfonamides is 1. The number of aromatic nitrogens is 1. The van der Waals surface area contributed by atoms with E-state index < -0.39 is 10.0 Å². The molecular weight excluding hydrogens is 430 g/mol. The Labute approximate surface area is 192 Å². The molecule has 1 aromatic heterocycles. The summed E-state index contributed by atoms with van der Waals surface area (Å²) in [6.45, 7) is 0. The highest BCUT2D eigenvalue weighted by Crippen LogP contribution is 2.35. The number of rotatable bonds is 6. The van der Waals surface area contributed by atoms with E-state index in [1.54, 1.807) is 24.4 Å². The van der Waals surface area contributed by atoms with Crippen molar-refractivity contribution >= 4 is 27.1 Å². The number of benzene rings is 4. The van der Waals surface area contributed by atoms with E-state index in [1.807, 2.05) is 66.7 Å². The van der Waals surface area contributed by atoms with Crippen LogP contribution in [0, 0.1) is 0 Å². The summed E-state index contributed by atoms with van der Waals surface area (Å²) in [5, 5.41) is 5.13. The molecule has 5 nitrogen and oxygen atoms in total. The Hall–Kier alpha value is -4.16. The van der Waals surface area contributed by atoms with Crippen molar-refractivity contribution in [2.24, 2.45) is 5.10 Å². The smallest absolute Gasteiger partial charge is 0.276 e. The van der Waals surface area contributed by atoms with Crippen LogP contribution in [-0.2, 0) is 10.0 Å². The first-order valence-corrected chi connectivity index (χ1v) is 12.0. The largest absolute Gasteiger partial charge is 0.309 e. The Morgan fingerprint density at radius 1 is 0.697 bits per heavy atom. The molecule has 1 N–H and O–H groups in total. The SMILES string of the molecule is O=S(=O)(NN=Cc1c(-c2ccccc2)n(-c2ccccc2)c2ccccc12)c1ccccc1. The van der Waals surface area contributed by atoms with Crippen molar-refractivity contribution in [1.82, 2.24) is 9.40 Å². The molecular formula is C27H21N3O2S. The predicted molar refractivity (Wildman–Crippen MR) is 133 cm³/mol. The molecule has 162 valence electrons. The van der Waals surface area contributed by atoms with Gasteiger partial charge in [0.15, 0.2) is 0 Å². The predicted octanol–water partition coefficient (Wildman–Crippen LogP) is 5.61. The maximum Gasteiger partial charge on any atom is 0.276 e. The molecule has 0 atom stereocenters. The van der Waals surface area contributed by atoms with Gasteiger partial charge in [0.2, 0.25) is 0 Å². The Morgan fingerprint density at radius 2 is 1.27 bits per heavy atom. The van der Waals surface area contributed by atoms with Crippen molar-refractivity contribution in [1.29, 1.82) is 0 Å². The minimum atomic E-state index is -3.76. The van der Waals surface area contributed by atoms with Crippen LogP contribution in [0.2, 0.25) is 0 Å². The maximum absolute atomic E-state index is 12.6. The number of hydrogen-bond donors (Lipinski definition) is 1. The zero-order chi connectivity index (χ0) is 22.7. The summed E-state index contributed by atoms with van der Waals surface area (Å²) in [7, 11) is -3.76. The number of para-hydroxylation sites is 2. The first-order chi connectivity index (χ1) is 16.1. The van der Waals surface area contributed by atoms with Gasteiger partial charge in [-0.3, -0.25) is 0 Å². The second-order valence-electron chi connectivity index (χ2n) is 7.48. The van der Waals surface area contributed by atoms with Crippen LogP contribution in [0.3, 0.4) is 0 Å². The normalized spacial score (nSPS) is 11.8. The van der Waals surface area contributed by atoms with E-state index in [1.165, 1.54) is 12.1 Å². The molecule has 0 aliphatic rings. The molecule has 0 aliphatic heterocycles. The molecule has 33 heavy (non-hydrogen) atoms. The summed E-state index contributed by atoms with van der Waals surface area (Å²) >= 11 is 0. The second-order valence-corrected chi connectivity index (χ2v) is 9.14. The first kappa shape index (κ1) is 20.7. The molecule has 4 aromatic carbocycles. The van der Waals surface area contributed by atoms with Gasteiger partial charge in [0.05, 0.1) is 22.3 Å². The van der Waals surface area contributed by atoms with Crippen LogP contribution in [0.25, 0.3) is 27.8 Å². The Bertz CT molecular complexity index is 1530. The number of nitrogens with zero attached hydrogens (tertiary/aromatic N) is 2. The van der Waals surface area contributed by atoms with Crippen LogP contribution in [-0.4, -0.2) is 19.2 Å². The van der Waals surface area contributed by atoms with Gasteiger partial charge < -0.3 is 4.57 Å². The lowest BCUT2D eigenvalue weighted by Gasteiger charge is -2.12. The molecule has 0 aliphatic carbocycles. The average Bonchev–Trinajstić information content (AvgIpc) is 3.20. The third kappa shape index (κ3) is 4.04. The third-order valence-corrected chi connectivity index (χ3v) is 6.63. The summed E-state index contributed by atoms with van der Waals surface area (Å²) in [4.78, 5) is 2.51. The molecule has 0 saturated carbocycles. The quantitative estimate of drug-likeness (QED) is 0.269. The van der Waals surface area contributed by atoms with Crippen LogP contribution in [0.5, 0.6) is 0 Å². The fourth-order valence-electron chi connectivity index (χ4n) is 3.93. The third-order valence-electron chi connectivity index (χ3n) is 5.40. The van der Waals surface area contributed by atoms with Gasteiger partial charge in [-0.15, -0.1) is 0 Å². The van der Waals surface area contributed by atoms with Crippen molar-refractivity contribution < 1.29 is 8.42 Å². The van der Waals surface area contributed by atoms with E-state index >= 15 is 0 Å². The Balaban J connectivity index is 1.68. The number of hydrazone groups is 1. The van der Waals surface area contributed by atoms with Crippen LogP contribution >= 0.6 is 0 Å². The van der Waals surface area contributed by atoms with E-state index in [-0.39, 0.29) is 4.90 Å². The summed E-state index contributed by atoms with van der Waals surface area (Å²) < 4.78 is 27.5. The lowest BCUT2D eigenvalue weighted by atomic mass is 10.1. The van der Waals surface area contributed by atoms with Gasteiger partial charge in [-0.1, -0.05) is 84.9 Å². The standard InChI is InChI=1S/C27H21N3O2S/c31-33(32,23-16-8-3-9-17-23)29-28-20-25-24-18-10-11-19-26(24)30(22-14-6-2-7-15-22)27(25)21-12-4-1-5-13-21/h1-20,29H. The minimum Gasteiger partial charge on any atom is -0.309 e. The lowest BCUT2D eigenvalue weighted by Crippen LogP contribution is -2.18. The molecule has 1 heterocycles.